The maximum Gasteiger partial charge on any atom is 0.210 e. The summed E-state index contributed by atoms with van der Waals surface area (Å²) < 4.78 is 2.01. The molecule has 1 aliphatic rings. The molecule has 142 valence electrons. The van der Waals surface area contributed by atoms with Crippen LogP contribution in [0.25, 0.3) is 0 Å². The van der Waals surface area contributed by atoms with E-state index >= 15 is 0 Å². The summed E-state index contributed by atoms with van der Waals surface area (Å²) in [4.78, 5) is 7.48. The van der Waals surface area contributed by atoms with Gasteiger partial charge in [0.25, 0.3) is 0 Å². The average Bonchev–Trinajstić information content (AvgIpc) is 3.07. The number of hydrogen-bond acceptors (Lipinski definition) is 4. The number of piperazine rings is 1. The molecule has 0 aromatic carbocycles. The monoisotopic (exact) mass is 359 g/mol. The Morgan fingerprint density at radius 2 is 1.88 bits per heavy atom. The topological polar surface area (TPSA) is 65.4 Å². The molecule has 0 saturated carbocycles. The predicted molar refractivity (Wildman–Crippen MR) is 99.7 cm³/mol. The molecule has 3 heterocycles. The molecule has 0 bridgehead atoms. The van der Waals surface area contributed by atoms with Crippen LogP contribution in [-0.4, -0.2) is 51.4 Å². The highest BCUT2D eigenvalue weighted by Crippen LogP contribution is 2.21. The van der Waals surface area contributed by atoms with Crippen molar-refractivity contribution in [3.05, 3.63) is 35.9 Å². The van der Waals surface area contributed by atoms with Crippen LogP contribution in [0.1, 0.15) is 52.0 Å². The first-order chi connectivity index (χ1) is 12.4. The number of quaternary nitrogens is 2. The molecule has 3 rings (SSSR count). The van der Waals surface area contributed by atoms with Crippen molar-refractivity contribution in [2.75, 3.05) is 26.2 Å². The molecule has 26 heavy (non-hydrogen) atoms. The Morgan fingerprint density at radius 1 is 1.15 bits per heavy atom. The molecule has 0 unspecified atom stereocenters. The molecule has 7 heteroatoms. The van der Waals surface area contributed by atoms with Gasteiger partial charge in [-0.3, -0.25) is 4.98 Å². The Kier molecular flexibility index (Phi) is 5.67. The van der Waals surface area contributed by atoms with Crippen LogP contribution >= 0.6 is 0 Å². The van der Waals surface area contributed by atoms with Crippen LogP contribution in [0.4, 0.5) is 0 Å². The number of pyridine rings is 1. The fraction of sp³-hybridized carbons (Fsp3) is 0.684. The summed E-state index contributed by atoms with van der Waals surface area (Å²) in [6.07, 6.45) is 3.83. The molecule has 2 aromatic heterocycles. The highest BCUT2D eigenvalue weighted by atomic mass is 15.6. The number of hydrogen-bond donors (Lipinski definition) is 2. The van der Waals surface area contributed by atoms with E-state index in [1.807, 2.05) is 23.1 Å². The third-order valence-corrected chi connectivity index (χ3v) is 5.29. The van der Waals surface area contributed by atoms with Crippen LogP contribution in [0, 0.1) is 5.92 Å². The van der Waals surface area contributed by atoms with Gasteiger partial charge >= 0.3 is 0 Å². The van der Waals surface area contributed by atoms with Crippen LogP contribution in [-0.2, 0) is 12.1 Å². The Balaban J connectivity index is 1.69. The van der Waals surface area contributed by atoms with Crippen molar-refractivity contribution < 1.29 is 9.80 Å². The summed E-state index contributed by atoms with van der Waals surface area (Å²) in [6, 6.07) is 4.54. The molecular weight excluding hydrogens is 326 g/mol. The van der Waals surface area contributed by atoms with E-state index in [0.717, 1.165) is 25.5 Å². The highest BCUT2D eigenvalue weighted by Gasteiger charge is 2.37. The lowest BCUT2D eigenvalue weighted by molar-refractivity contribution is -1.03. The van der Waals surface area contributed by atoms with Crippen LogP contribution < -0.4 is 9.80 Å². The van der Waals surface area contributed by atoms with E-state index in [-0.39, 0.29) is 5.54 Å². The third kappa shape index (κ3) is 4.27. The molecule has 2 aromatic rings. The van der Waals surface area contributed by atoms with Crippen molar-refractivity contribution >= 4 is 0 Å². The summed E-state index contributed by atoms with van der Waals surface area (Å²) in [5.41, 5.74) is 1.22. The Hall–Kier alpha value is -1.86. The quantitative estimate of drug-likeness (QED) is 0.756. The molecule has 0 spiro atoms. The summed E-state index contributed by atoms with van der Waals surface area (Å²) in [5, 5.41) is 12.7. The van der Waals surface area contributed by atoms with Crippen molar-refractivity contribution in [3.8, 4) is 0 Å². The second-order valence-electron chi connectivity index (χ2n) is 8.79. The van der Waals surface area contributed by atoms with Gasteiger partial charge in [-0.25, -0.2) is 4.68 Å². The molecule has 0 radical (unpaired) electrons. The van der Waals surface area contributed by atoms with Crippen molar-refractivity contribution in [3.63, 3.8) is 0 Å². The molecule has 0 amide bonds. The van der Waals surface area contributed by atoms with Crippen LogP contribution in [0.5, 0.6) is 0 Å². The van der Waals surface area contributed by atoms with Gasteiger partial charge in [-0.15, -0.1) is 5.10 Å². The number of tetrazole rings is 1. The van der Waals surface area contributed by atoms with E-state index < -0.39 is 0 Å². The Labute approximate surface area is 156 Å². The third-order valence-electron chi connectivity index (χ3n) is 5.29. The van der Waals surface area contributed by atoms with Crippen molar-refractivity contribution in [1.82, 2.24) is 25.2 Å². The summed E-state index contributed by atoms with van der Waals surface area (Å²) >= 11 is 0. The zero-order chi connectivity index (χ0) is 18.7. The van der Waals surface area contributed by atoms with Gasteiger partial charge in [0, 0.05) is 23.9 Å². The minimum Gasteiger partial charge on any atom is -0.322 e. The number of aromatic nitrogens is 5. The minimum atomic E-state index is -0.0984. The first kappa shape index (κ1) is 18.9. The van der Waals surface area contributed by atoms with E-state index in [4.69, 9.17) is 0 Å². The molecule has 1 saturated heterocycles. The smallest absolute Gasteiger partial charge is 0.210 e. The zero-order valence-electron chi connectivity index (χ0n) is 16.7. The number of rotatable bonds is 5. The zero-order valence-corrected chi connectivity index (χ0v) is 16.7. The summed E-state index contributed by atoms with van der Waals surface area (Å²) in [7, 11) is 0. The molecule has 1 aliphatic heterocycles. The Bertz CT molecular complexity index is 681. The van der Waals surface area contributed by atoms with Crippen LogP contribution in [0.3, 0.4) is 0 Å². The van der Waals surface area contributed by atoms with Crippen molar-refractivity contribution in [2.45, 2.75) is 52.7 Å². The summed E-state index contributed by atoms with van der Waals surface area (Å²) in [5.74, 6) is 1.52. The number of nitrogens with zero attached hydrogens (tertiary/aromatic N) is 5. The average molecular weight is 360 g/mol. The molecular formula is C19H33N7+2. The minimum absolute atomic E-state index is 0.0984. The van der Waals surface area contributed by atoms with Crippen molar-refractivity contribution in [1.29, 1.82) is 0 Å². The predicted octanol–water partition coefficient (Wildman–Crippen LogP) is -0.496. The lowest BCUT2D eigenvalue weighted by atomic mass is 9.99. The number of nitrogens with one attached hydrogen (secondary N) is 2. The molecule has 7 nitrogen and oxygen atoms in total. The van der Waals surface area contributed by atoms with Gasteiger partial charge in [-0.2, -0.15) is 0 Å². The highest BCUT2D eigenvalue weighted by molar-refractivity contribution is 5.06. The van der Waals surface area contributed by atoms with E-state index in [2.05, 4.69) is 61.2 Å². The normalized spacial score (nSPS) is 22.5. The van der Waals surface area contributed by atoms with E-state index in [0.29, 0.717) is 12.0 Å². The Morgan fingerprint density at radius 3 is 2.46 bits per heavy atom. The SMILES string of the molecule is CC(C)[C@@H](c1nnnn1C(C)(C)C)[NH+]1CC[NH+](Cc2cccnc2)CC1. The molecule has 0 aliphatic carbocycles. The second-order valence-corrected chi connectivity index (χ2v) is 8.79. The fourth-order valence-electron chi connectivity index (χ4n) is 4.02. The summed E-state index contributed by atoms with van der Waals surface area (Å²) in [6.45, 7) is 16.8. The first-order valence-electron chi connectivity index (χ1n) is 9.72. The van der Waals surface area contributed by atoms with Gasteiger partial charge in [0.1, 0.15) is 32.7 Å². The van der Waals surface area contributed by atoms with Gasteiger partial charge in [0.15, 0.2) is 6.04 Å². The lowest BCUT2D eigenvalue weighted by Crippen LogP contribution is -3.27. The largest absolute Gasteiger partial charge is 0.322 e. The van der Waals surface area contributed by atoms with Crippen molar-refractivity contribution in [2.24, 2.45) is 5.92 Å². The van der Waals surface area contributed by atoms with Gasteiger partial charge in [-0.05, 0) is 37.3 Å². The maximum absolute atomic E-state index is 4.43. The van der Waals surface area contributed by atoms with E-state index in [1.165, 1.54) is 18.7 Å². The molecule has 1 atom stereocenters. The van der Waals surface area contributed by atoms with Gasteiger partial charge in [0.2, 0.25) is 5.82 Å². The second kappa shape index (κ2) is 7.80. The van der Waals surface area contributed by atoms with E-state index in [9.17, 15) is 0 Å². The molecule has 2 N–H and O–H groups in total. The van der Waals surface area contributed by atoms with Gasteiger partial charge < -0.3 is 9.80 Å². The molecule has 1 fully saturated rings. The van der Waals surface area contributed by atoms with Gasteiger partial charge in [0.05, 0.1) is 5.54 Å². The van der Waals surface area contributed by atoms with Gasteiger partial charge in [-0.1, -0.05) is 19.9 Å². The fourth-order valence-corrected chi connectivity index (χ4v) is 4.02. The van der Waals surface area contributed by atoms with Crippen LogP contribution in [0.15, 0.2) is 24.5 Å². The lowest BCUT2D eigenvalue weighted by Gasteiger charge is -2.36. The maximum atomic E-state index is 4.43. The standard InChI is InChI=1S/C19H31N7/c1-15(2)17(18-21-22-23-26(18)19(3,4)5)25-11-9-24(10-12-25)14-16-7-6-8-20-13-16/h6-8,13,15,17H,9-12,14H2,1-5H3/p+2/t17-/m0/s1. The van der Waals surface area contributed by atoms with Crippen LogP contribution in [0.2, 0.25) is 0 Å². The van der Waals surface area contributed by atoms with E-state index in [1.54, 1.807) is 9.80 Å². The first-order valence-corrected chi connectivity index (χ1v) is 9.72.